The molecule has 31 heavy (non-hydrogen) atoms. The van der Waals surface area contributed by atoms with E-state index in [1.807, 2.05) is 17.7 Å². The maximum atomic E-state index is 12.7. The number of aryl methyl sites for hydroxylation is 1. The van der Waals surface area contributed by atoms with Gasteiger partial charge in [-0.2, -0.15) is 23.1 Å². The molecule has 1 fully saturated rings. The third-order valence-corrected chi connectivity index (χ3v) is 5.25. The average molecular weight is 433 g/mol. The van der Waals surface area contributed by atoms with Gasteiger partial charge in [-0.3, -0.25) is 4.79 Å². The Morgan fingerprint density at radius 3 is 2.52 bits per heavy atom. The lowest BCUT2D eigenvalue weighted by atomic mass is 9.96. The van der Waals surface area contributed by atoms with Crippen LogP contribution in [0.4, 0.5) is 19.0 Å². The van der Waals surface area contributed by atoms with Gasteiger partial charge in [0.05, 0.1) is 17.3 Å². The topological polar surface area (TPSA) is 90.5 Å². The third kappa shape index (κ3) is 4.92. The zero-order valence-electron chi connectivity index (χ0n) is 16.9. The van der Waals surface area contributed by atoms with Crippen LogP contribution in [0.3, 0.4) is 0 Å². The van der Waals surface area contributed by atoms with E-state index in [0.717, 1.165) is 48.3 Å². The summed E-state index contributed by atoms with van der Waals surface area (Å²) >= 11 is 0. The fourth-order valence-corrected chi connectivity index (χ4v) is 3.76. The Morgan fingerprint density at radius 2 is 1.84 bits per heavy atom. The molecule has 1 aliphatic carbocycles. The smallest absolute Gasteiger partial charge is 0.309 e. The molecular weight excluding hydrogens is 411 g/mol. The highest BCUT2D eigenvalue weighted by molar-refractivity contribution is 5.89. The summed E-state index contributed by atoms with van der Waals surface area (Å²) in [4.78, 5) is 13.6. The first-order chi connectivity index (χ1) is 14.8. The molecule has 8 nitrogen and oxygen atoms in total. The van der Waals surface area contributed by atoms with E-state index in [1.165, 1.54) is 18.6 Å². The lowest BCUT2D eigenvalue weighted by molar-refractivity contribution is -0.137. The molecule has 11 heteroatoms. The van der Waals surface area contributed by atoms with Crippen LogP contribution in [0.1, 0.15) is 49.4 Å². The highest BCUT2D eigenvalue weighted by atomic mass is 19.4. The van der Waals surface area contributed by atoms with Crippen molar-refractivity contribution in [3.8, 4) is 11.4 Å². The summed E-state index contributed by atoms with van der Waals surface area (Å²) in [6.45, 7) is 1.70. The second kappa shape index (κ2) is 8.48. The molecule has 1 aromatic carbocycles. The summed E-state index contributed by atoms with van der Waals surface area (Å²) in [6.07, 6.45) is 1.16. The quantitative estimate of drug-likeness (QED) is 0.657. The molecule has 1 aliphatic rings. The van der Waals surface area contributed by atoms with Gasteiger partial charge in [-0.05, 0) is 37.1 Å². The number of rotatable bonds is 5. The molecule has 4 rings (SSSR count). The van der Waals surface area contributed by atoms with E-state index < -0.39 is 11.7 Å². The van der Waals surface area contributed by atoms with Crippen LogP contribution < -0.4 is 5.32 Å². The summed E-state index contributed by atoms with van der Waals surface area (Å²) in [5.41, 5.74) is 0.447. The number of nitrogens with one attached hydrogen (secondary N) is 1. The van der Waals surface area contributed by atoms with Gasteiger partial charge in [0.15, 0.2) is 0 Å². The van der Waals surface area contributed by atoms with Gasteiger partial charge in [-0.15, -0.1) is 10.2 Å². The van der Waals surface area contributed by atoms with E-state index in [4.69, 9.17) is 0 Å². The molecule has 2 aromatic heterocycles. The maximum Gasteiger partial charge on any atom is 0.416 e. The van der Waals surface area contributed by atoms with E-state index in [1.54, 1.807) is 0 Å². The number of carbonyl (C=O) groups is 1. The fourth-order valence-electron chi connectivity index (χ4n) is 3.76. The predicted molar refractivity (Wildman–Crippen MR) is 106 cm³/mol. The Labute approximate surface area is 176 Å². The Balaban J connectivity index is 1.42. The van der Waals surface area contributed by atoms with Gasteiger partial charge in [0.2, 0.25) is 11.7 Å². The summed E-state index contributed by atoms with van der Waals surface area (Å²) in [5, 5.41) is 19.2. The maximum absolute atomic E-state index is 12.7. The molecule has 0 aliphatic heterocycles. The van der Waals surface area contributed by atoms with Gasteiger partial charge in [-0.1, -0.05) is 31.4 Å². The average Bonchev–Trinajstić information content (AvgIpc) is 3.34. The van der Waals surface area contributed by atoms with E-state index in [9.17, 15) is 18.0 Å². The van der Waals surface area contributed by atoms with Crippen molar-refractivity contribution in [2.24, 2.45) is 0 Å². The Bertz CT molecular complexity index is 1050. The standard InChI is InChI=1S/C20H22F3N7O/c1-13-11-17(30(26-13)16-5-3-2-4-6-16)24-18(31)12-29-27-19(25-28-29)14-7-9-15(10-8-14)20(21,22)23/h7-11,16H,2-6,12H2,1H3,(H,24,31). The predicted octanol–water partition coefficient (Wildman–Crippen LogP) is 4.01. The van der Waals surface area contributed by atoms with E-state index in [0.29, 0.717) is 11.4 Å². The molecule has 1 N–H and O–H groups in total. The van der Waals surface area contributed by atoms with Crippen molar-refractivity contribution in [1.29, 1.82) is 0 Å². The molecule has 0 unspecified atom stereocenters. The lowest BCUT2D eigenvalue weighted by Crippen LogP contribution is -2.24. The van der Waals surface area contributed by atoms with Gasteiger partial charge in [0.1, 0.15) is 12.4 Å². The van der Waals surface area contributed by atoms with Crippen LogP contribution in [0, 0.1) is 6.92 Å². The summed E-state index contributed by atoms with van der Waals surface area (Å²) in [7, 11) is 0. The molecule has 2 heterocycles. The van der Waals surface area contributed by atoms with Crippen LogP contribution in [0.5, 0.6) is 0 Å². The molecule has 0 saturated heterocycles. The number of tetrazole rings is 1. The van der Waals surface area contributed by atoms with Gasteiger partial charge in [0.25, 0.3) is 0 Å². The SMILES string of the molecule is Cc1cc(NC(=O)Cn2nnc(-c3ccc(C(F)(F)F)cc3)n2)n(C2CCCCC2)n1. The second-order valence-corrected chi connectivity index (χ2v) is 7.67. The van der Waals surface area contributed by atoms with Crippen LogP contribution >= 0.6 is 0 Å². The number of aromatic nitrogens is 6. The number of alkyl halides is 3. The monoisotopic (exact) mass is 433 g/mol. The fraction of sp³-hybridized carbons (Fsp3) is 0.450. The van der Waals surface area contributed by atoms with Crippen molar-refractivity contribution < 1.29 is 18.0 Å². The van der Waals surface area contributed by atoms with Crippen molar-refractivity contribution in [1.82, 2.24) is 30.0 Å². The number of anilines is 1. The molecule has 1 amide bonds. The molecule has 0 radical (unpaired) electrons. The molecular formula is C20H22F3N7O. The van der Waals surface area contributed by atoms with Crippen LogP contribution in [-0.4, -0.2) is 35.9 Å². The number of carbonyl (C=O) groups excluding carboxylic acids is 1. The van der Waals surface area contributed by atoms with Crippen LogP contribution in [0.15, 0.2) is 30.3 Å². The highest BCUT2D eigenvalue weighted by Gasteiger charge is 2.30. The van der Waals surface area contributed by atoms with Crippen LogP contribution in [-0.2, 0) is 17.5 Å². The first-order valence-corrected chi connectivity index (χ1v) is 10.1. The van der Waals surface area contributed by atoms with Gasteiger partial charge in [0, 0.05) is 11.6 Å². The highest BCUT2D eigenvalue weighted by Crippen LogP contribution is 2.31. The molecule has 0 bridgehead atoms. The number of nitrogens with zero attached hydrogens (tertiary/aromatic N) is 6. The Morgan fingerprint density at radius 1 is 1.13 bits per heavy atom. The minimum atomic E-state index is -4.41. The largest absolute Gasteiger partial charge is 0.416 e. The number of halogens is 3. The first kappa shape index (κ1) is 21.0. The van der Waals surface area contributed by atoms with Gasteiger partial charge < -0.3 is 5.32 Å². The molecule has 0 spiro atoms. The third-order valence-electron chi connectivity index (χ3n) is 5.25. The van der Waals surface area contributed by atoms with Crippen molar-refractivity contribution in [3.05, 3.63) is 41.6 Å². The minimum Gasteiger partial charge on any atom is -0.309 e. The minimum absolute atomic E-state index is 0.143. The summed E-state index contributed by atoms with van der Waals surface area (Å²) in [6, 6.07) is 6.56. The zero-order chi connectivity index (χ0) is 22.0. The van der Waals surface area contributed by atoms with E-state index >= 15 is 0 Å². The van der Waals surface area contributed by atoms with Crippen molar-refractivity contribution in [3.63, 3.8) is 0 Å². The Hall–Kier alpha value is -3.24. The van der Waals surface area contributed by atoms with Crippen molar-refractivity contribution >= 4 is 11.7 Å². The Kier molecular flexibility index (Phi) is 5.75. The zero-order valence-corrected chi connectivity index (χ0v) is 16.9. The van der Waals surface area contributed by atoms with Crippen molar-refractivity contribution in [2.75, 3.05) is 5.32 Å². The van der Waals surface area contributed by atoms with Crippen LogP contribution in [0.2, 0.25) is 0 Å². The molecule has 0 atom stereocenters. The van der Waals surface area contributed by atoms with E-state index in [2.05, 4.69) is 25.8 Å². The van der Waals surface area contributed by atoms with Gasteiger partial charge >= 0.3 is 6.18 Å². The first-order valence-electron chi connectivity index (χ1n) is 10.1. The van der Waals surface area contributed by atoms with Gasteiger partial charge in [-0.25, -0.2) is 4.68 Å². The normalized spacial score (nSPS) is 15.2. The molecule has 1 saturated carbocycles. The summed E-state index contributed by atoms with van der Waals surface area (Å²) < 4.78 is 40.0. The lowest BCUT2D eigenvalue weighted by Gasteiger charge is -2.23. The number of hydrogen-bond acceptors (Lipinski definition) is 5. The second-order valence-electron chi connectivity index (χ2n) is 7.67. The number of amides is 1. The van der Waals surface area contributed by atoms with Crippen LogP contribution in [0.25, 0.3) is 11.4 Å². The van der Waals surface area contributed by atoms with E-state index in [-0.39, 0.29) is 24.3 Å². The number of hydrogen-bond donors (Lipinski definition) is 1. The summed E-state index contributed by atoms with van der Waals surface area (Å²) in [5.74, 6) is 0.440. The molecule has 3 aromatic rings. The molecule has 164 valence electrons. The number of benzene rings is 1. The van der Waals surface area contributed by atoms with Crippen molar-refractivity contribution in [2.45, 2.75) is 57.8 Å².